The topological polar surface area (TPSA) is 51.8 Å². The van der Waals surface area contributed by atoms with E-state index < -0.39 is 6.10 Å². The third-order valence-corrected chi connectivity index (χ3v) is 2.69. The van der Waals surface area contributed by atoms with E-state index in [0.29, 0.717) is 30.5 Å². The Labute approximate surface area is 98.4 Å². The highest BCUT2D eigenvalue weighted by Crippen LogP contribution is 2.34. The van der Waals surface area contributed by atoms with Crippen molar-refractivity contribution in [3.05, 3.63) is 47.9 Å². The fraction of sp³-hybridized carbons (Fsp3) is 0.231. The van der Waals surface area contributed by atoms with Crippen LogP contribution in [0.15, 0.2) is 41.0 Å². The summed E-state index contributed by atoms with van der Waals surface area (Å²) in [5.74, 6) is 1.90. The molecule has 88 valence electrons. The summed E-state index contributed by atoms with van der Waals surface area (Å²) in [5, 5.41) is 10.1. The summed E-state index contributed by atoms with van der Waals surface area (Å²) < 4.78 is 16.1. The molecule has 4 heteroatoms. The van der Waals surface area contributed by atoms with Crippen molar-refractivity contribution in [3.63, 3.8) is 0 Å². The van der Waals surface area contributed by atoms with Gasteiger partial charge in [0.15, 0.2) is 11.5 Å². The standard InChI is InChI=1S/C13H12O4/c14-13(11-2-1-5-15-11)9-3-4-10-12(8-9)17-7-6-16-10/h1-5,8,13-14H,6-7H2. The number of aliphatic hydroxyl groups is 1. The number of rotatable bonds is 2. The second-order valence-corrected chi connectivity index (χ2v) is 3.82. The van der Waals surface area contributed by atoms with Crippen LogP contribution in [0.4, 0.5) is 0 Å². The summed E-state index contributed by atoms with van der Waals surface area (Å²) in [5.41, 5.74) is 0.726. The number of fused-ring (bicyclic) bond motifs is 1. The minimum atomic E-state index is -0.777. The van der Waals surface area contributed by atoms with Crippen LogP contribution in [0, 0.1) is 0 Å². The molecule has 0 spiro atoms. The first-order chi connectivity index (χ1) is 8.34. The molecule has 0 radical (unpaired) electrons. The molecule has 1 aromatic carbocycles. The predicted octanol–water partition coefficient (Wildman–Crippen LogP) is 2.13. The second-order valence-electron chi connectivity index (χ2n) is 3.82. The van der Waals surface area contributed by atoms with Gasteiger partial charge in [0.2, 0.25) is 0 Å². The van der Waals surface area contributed by atoms with Gasteiger partial charge in [-0.15, -0.1) is 0 Å². The zero-order valence-electron chi connectivity index (χ0n) is 9.13. The van der Waals surface area contributed by atoms with E-state index in [1.54, 1.807) is 30.3 Å². The summed E-state index contributed by atoms with van der Waals surface area (Å²) >= 11 is 0. The van der Waals surface area contributed by atoms with E-state index in [9.17, 15) is 5.11 Å². The van der Waals surface area contributed by atoms with Crippen molar-refractivity contribution >= 4 is 0 Å². The molecule has 0 amide bonds. The van der Waals surface area contributed by atoms with Crippen LogP contribution in [0.25, 0.3) is 0 Å². The summed E-state index contributed by atoms with van der Waals surface area (Å²) in [6.45, 7) is 1.10. The number of hydrogen-bond donors (Lipinski definition) is 1. The first kappa shape index (κ1) is 10.2. The average Bonchev–Trinajstić information content (AvgIpc) is 2.91. The maximum atomic E-state index is 10.1. The molecule has 0 saturated carbocycles. The second kappa shape index (κ2) is 4.14. The fourth-order valence-corrected chi connectivity index (χ4v) is 1.84. The molecule has 1 N–H and O–H groups in total. The van der Waals surface area contributed by atoms with Crippen LogP contribution in [0.2, 0.25) is 0 Å². The maximum absolute atomic E-state index is 10.1. The molecule has 1 unspecified atom stereocenters. The number of benzene rings is 1. The van der Waals surface area contributed by atoms with Crippen molar-refractivity contribution < 1.29 is 19.0 Å². The monoisotopic (exact) mass is 232 g/mol. The zero-order valence-corrected chi connectivity index (χ0v) is 9.13. The van der Waals surface area contributed by atoms with E-state index in [-0.39, 0.29) is 0 Å². The molecule has 1 aliphatic heterocycles. The van der Waals surface area contributed by atoms with Crippen molar-refractivity contribution in [2.24, 2.45) is 0 Å². The fourth-order valence-electron chi connectivity index (χ4n) is 1.84. The number of aliphatic hydroxyl groups excluding tert-OH is 1. The Kier molecular flexibility index (Phi) is 2.49. The lowest BCUT2D eigenvalue weighted by molar-refractivity contribution is 0.167. The van der Waals surface area contributed by atoms with E-state index in [2.05, 4.69) is 0 Å². The molecule has 0 bridgehead atoms. The Bertz CT molecular complexity index is 504. The van der Waals surface area contributed by atoms with E-state index >= 15 is 0 Å². The summed E-state index contributed by atoms with van der Waals surface area (Å²) in [6.07, 6.45) is 0.761. The number of ether oxygens (including phenoxy) is 2. The predicted molar refractivity (Wildman–Crippen MR) is 60.2 cm³/mol. The van der Waals surface area contributed by atoms with E-state index in [1.807, 2.05) is 0 Å². The van der Waals surface area contributed by atoms with Gasteiger partial charge in [0.25, 0.3) is 0 Å². The smallest absolute Gasteiger partial charge is 0.161 e. The molecular formula is C13H12O4. The molecular weight excluding hydrogens is 220 g/mol. The van der Waals surface area contributed by atoms with Crippen LogP contribution >= 0.6 is 0 Å². The van der Waals surface area contributed by atoms with E-state index in [1.165, 1.54) is 6.26 Å². The van der Waals surface area contributed by atoms with Crippen molar-refractivity contribution in [1.29, 1.82) is 0 Å². The molecule has 1 aromatic heterocycles. The quantitative estimate of drug-likeness (QED) is 0.861. The van der Waals surface area contributed by atoms with Crippen LogP contribution in [-0.4, -0.2) is 18.3 Å². The third-order valence-electron chi connectivity index (χ3n) is 2.69. The molecule has 17 heavy (non-hydrogen) atoms. The Morgan fingerprint density at radius 1 is 1.06 bits per heavy atom. The lowest BCUT2D eigenvalue weighted by Gasteiger charge is -2.19. The molecule has 1 aliphatic rings. The molecule has 0 aliphatic carbocycles. The van der Waals surface area contributed by atoms with Crippen LogP contribution in [-0.2, 0) is 0 Å². The Balaban J connectivity index is 1.93. The molecule has 0 saturated heterocycles. The van der Waals surface area contributed by atoms with Crippen LogP contribution in [0.1, 0.15) is 17.4 Å². The van der Waals surface area contributed by atoms with Crippen LogP contribution < -0.4 is 9.47 Å². The lowest BCUT2D eigenvalue weighted by Crippen LogP contribution is -2.15. The Morgan fingerprint density at radius 2 is 1.88 bits per heavy atom. The Hall–Kier alpha value is -1.94. The van der Waals surface area contributed by atoms with Gasteiger partial charge in [-0.2, -0.15) is 0 Å². The molecule has 0 fully saturated rings. The molecule has 2 heterocycles. The minimum absolute atomic E-state index is 0.515. The summed E-state index contributed by atoms with van der Waals surface area (Å²) in [6, 6.07) is 8.87. The maximum Gasteiger partial charge on any atom is 0.161 e. The third kappa shape index (κ3) is 1.87. The number of hydrogen-bond acceptors (Lipinski definition) is 4. The SMILES string of the molecule is OC(c1ccc2c(c1)OCCO2)c1ccco1. The summed E-state index contributed by atoms with van der Waals surface area (Å²) in [4.78, 5) is 0. The molecule has 4 nitrogen and oxygen atoms in total. The largest absolute Gasteiger partial charge is 0.486 e. The minimum Gasteiger partial charge on any atom is -0.486 e. The van der Waals surface area contributed by atoms with Crippen LogP contribution in [0.5, 0.6) is 11.5 Å². The van der Waals surface area contributed by atoms with Gasteiger partial charge in [-0.1, -0.05) is 6.07 Å². The van der Waals surface area contributed by atoms with Gasteiger partial charge in [-0.05, 0) is 29.8 Å². The van der Waals surface area contributed by atoms with Gasteiger partial charge in [-0.25, -0.2) is 0 Å². The first-order valence-electron chi connectivity index (χ1n) is 5.45. The lowest BCUT2D eigenvalue weighted by atomic mass is 10.1. The normalized spacial score (nSPS) is 15.6. The van der Waals surface area contributed by atoms with Crippen molar-refractivity contribution in [1.82, 2.24) is 0 Å². The first-order valence-corrected chi connectivity index (χ1v) is 5.45. The van der Waals surface area contributed by atoms with Gasteiger partial charge < -0.3 is 19.0 Å². The zero-order chi connectivity index (χ0) is 11.7. The molecule has 1 atom stereocenters. The average molecular weight is 232 g/mol. The Morgan fingerprint density at radius 3 is 2.65 bits per heavy atom. The van der Waals surface area contributed by atoms with Crippen LogP contribution in [0.3, 0.4) is 0 Å². The molecule has 2 aromatic rings. The highest BCUT2D eigenvalue weighted by molar-refractivity contribution is 5.45. The number of furan rings is 1. The van der Waals surface area contributed by atoms with Gasteiger partial charge in [0.1, 0.15) is 25.1 Å². The van der Waals surface area contributed by atoms with E-state index in [4.69, 9.17) is 13.9 Å². The molecule has 3 rings (SSSR count). The summed E-state index contributed by atoms with van der Waals surface area (Å²) in [7, 11) is 0. The van der Waals surface area contributed by atoms with E-state index in [0.717, 1.165) is 5.56 Å². The van der Waals surface area contributed by atoms with Gasteiger partial charge in [0.05, 0.1) is 6.26 Å². The highest BCUT2D eigenvalue weighted by atomic mass is 16.6. The van der Waals surface area contributed by atoms with Crippen molar-refractivity contribution in [2.75, 3.05) is 13.2 Å². The van der Waals surface area contributed by atoms with Gasteiger partial charge in [-0.3, -0.25) is 0 Å². The van der Waals surface area contributed by atoms with Crippen molar-refractivity contribution in [3.8, 4) is 11.5 Å². The highest BCUT2D eigenvalue weighted by Gasteiger charge is 2.17. The van der Waals surface area contributed by atoms with Gasteiger partial charge >= 0.3 is 0 Å². The van der Waals surface area contributed by atoms with Crippen molar-refractivity contribution in [2.45, 2.75) is 6.10 Å². The van der Waals surface area contributed by atoms with Gasteiger partial charge in [0, 0.05) is 0 Å².